The number of rotatable bonds is 8. The molecule has 1 heterocycles. The Kier molecular flexibility index (Phi) is 7.05. The zero-order valence-corrected chi connectivity index (χ0v) is 16.4. The summed E-state index contributed by atoms with van der Waals surface area (Å²) in [6.07, 6.45) is 0.951. The van der Waals surface area contributed by atoms with Crippen LogP contribution in [0.1, 0.15) is 45.1 Å². The molecular formula is C21H25N3O4. The van der Waals surface area contributed by atoms with E-state index in [4.69, 9.17) is 15.4 Å². The number of amides is 1. The van der Waals surface area contributed by atoms with E-state index in [0.717, 1.165) is 17.7 Å². The molecule has 0 radical (unpaired) electrons. The zero-order chi connectivity index (χ0) is 20.8. The number of anilines is 1. The van der Waals surface area contributed by atoms with Crippen molar-refractivity contribution in [3.63, 3.8) is 0 Å². The molecule has 1 fully saturated rings. The standard InChI is InChI=1S/C21H25N3O4/c1-4-13(2)16-7-5-6-8-18(16)24-11-15(9-20(24)26)21(27)28-12-19(25)17(10-22)14(3)23/h5-8,13,15,17,23H,4,9,11-12H2,1-3H3/t13-,15+,17+/m1/s1. The minimum atomic E-state index is -1.21. The molecule has 0 saturated carbocycles. The van der Waals surface area contributed by atoms with Crippen LogP contribution in [0.25, 0.3) is 0 Å². The number of hydrogen-bond acceptors (Lipinski definition) is 6. The molecule has 1 aromatic carbocycles. The molecule has 1 aromatic rings. The van der Waals surface area contributed by atoms with Crippen LogP contribution >= 0.6 is 0 Å². The zero-order valence-electron chi connectivity index (χ0n) is 16.4. The van der Waals surface area contributed by atoms with Gasteiger partial charge in [0.15, 0.2) is 12.4 Å². The third-order valence-corrected chi connectivity index (χ3v) is 5.07. The van der Waals surface area contributed by atoms with Crippen molar-refractivity contribution in [1.82, 2.24) is 0 Å². The Balaban J connectivity index is 2.05. The predicted octanol–water partition coefficient (Wildman–Crippen LogP) is 2.84. The fourth-order valence-electron chi connectivity index (χ4n) is 3.22. The predicted molar refractivity (Wildman–Crippen MR) is 104 cm³/mol. The number of para-hydroxylation sites is 1. The molecule has 148 valence electrons. The van der Waals surface area contributed by atoms with Crippen LogP contribution in [0, 0.1) is 28.6 Å². The molecule has 1 N–H and O–H groups in total. The Hall–Kier alpha value is -3.01. The average molecular weight is 383 g/mol. The Morgan fingerprint density at radius 2 is 2.07 bits per heavy atom. The third-order valence-electron chi connectivity index (χ3n) is 5.07. The maximum Gasteiger partial charge on any atom is 0.311 e. The maximum absolute atomic E-state index is 12.5. The molecule has 1 aliphatic heterocycles. The Morgan fingerprint density at radius 3 is 2.68 bits per heavy atom. The van der Waals surface area contributed by atoms with E-state index in [2.05, 4.69) is 13.8 Å². The van der Waals surface area contributed by atoms with Crippen LogP contribution in [-0.4, -0.2) is 36.5 Å². The van der Waals surface area contributed by atoms with Crippen LogP contribution in [0.2, 0.25) is 0 Å². The summed E-state index contributed by atoms with van der Waals surface area (Å²) in [6, 6.07) is 9.38. The maximum atomic E-state index is 12.5. The van der Waals surface area contributed by atoms with Crippen molar-refractivity contribution in [2.24, 2.45) is 11.8 Å². The second-order valence-corrected chi connectivity index (χ2v) is 7.09. The van der Waals surface area contributed by atoms with Gasteiger partial charge in [0.05, 0.1) is 12.0 Å². The number of ketones is 1. The first-order valence-electron chi connectivity index (χ1n) is 9.33. The summed E-state index contributed by atoms with van der Waals surface area (Å²) in [4.78, 5) is 38.4. The summed E-state index contributed by atoms with van der Waals surface area (Å²) in [6.45, 7) is 5.16. The number of nitrogens with one attached hydrogen (secondary N) is 1. The van der Waals surface area contributed by atoms with Crippen LogP contribution < -0.4 is 4.90 Å². The minimum absolute atomic E-state index is 0.0210. The van der Waals surface area contributed by atoms with Gasteiger partial charge in [-0.15, -0.1) is 0 Å². The van der Waals surface area contributed by atoms with E-state index in [1.54, 1.807) is 11.0 Å². The first-order valence-corrected chi connectivity index (χ1v) is 9.33. The number of esters is 1. The fraction of sp³-hybridized carbons (Fsp3) is 0.476. The van der Waals surface area contributed by atoms with Crippen LogP contribution in [0.5, 0.6) is 0 Å². The molecule has 7 nitrogen and oxygen atoms in total. The van der Waals surface area contributed by atoms with Gasteiger partial charge in [-0.1, -0.05) is 32.0 Å². The van der Waals surface area contributed by atoms with E-state index in [-0.39, 0.29) is 30.5 Å². The summed E-state index contributed by atoms with van der Waals surface area (Å²) in [5.41, 5.74) is 1.77. The van der Waals surface area contributed by atoms with Crippen LogP contribution in [0.15, 0.2) is 24.3 Å². The highest BCUT2D eigenvalue weighted by Crippen LogP contribution is 2.33. The molecule has 0 unspecified atom stereocenters. The second kappa shape index (κ2) is 9.27. The van der Waals surface area contributed by atoms with Crippen molar-refractivity contribution in [2.75, 3.05) is 18.1 Å². The monoisotopic (exact) mass is 383 g/mol. The van der Waals surface area contributed by atoms with E-state index >= 15 is 0 Å². The number of Topliss-reactive ketones (excluding diaryl/α,β-unsaturated/α-hetero) is 1. The van der Waals surface area contributed by atoms with E-state index in [1.807, 2.05) is 24.3 Å². The number of nitrogens with zero attached hydrogens (tertiary/aromatic N) is 2. The Labute approximate surface area is 164 Å². The Bertz CT molecular complexity index is 827. The molecule has 28 heavy (non-hydrogen) atoms. The van der Waals surface area contributed by atoms with E-state index in [1.165, 1.54) is 6.92 Å². The van der Waals surface area contributed by atoms with Gasteiger partial charge < -0.3 is 15.0 Å². The van der Waals surface area contributed by atoms with Gasteiger partial charge in [-0.3, -0.25) is 14.4 Å². The molecule has 0 spiro atoms. The van der Waals surface area contributed by atoms with Crippen LogP contribution in [0.3, 0.4) is 0 Å². The molecular weight excluding hydrogens is 358 g/mol. The van der Waals surface area contributed by atoms with E-state index in [0.29, 0.717) is 0 Å². The lowest BCUT2D eigenvalue weighted by Crippen LogP contribution is -2.30. The van der Waals surface area contributed by atoms with Crippen molar-refractivity contribution in [2.45, 2.75) is 39.5 Å². The average Bonchev–Trinajstić information content (AvgIpc) is 3.07. The normalized spacial score (nSPS) is 18.3. The van der Waals surface area contributed by atoms with E-state index in [9.17, 15) is 14.4 Å². The van der Waals surface area contributed by atoms with Crippen molar-refractivity contribution >= 4 is 29.1 Å². The van der Waals surface area contributed by atoms with Gasteiger partial charge in [0.25, 0.3) is 0 Å². The van der Waals surface area contributed by atoms with Gasteiger partial charge in [0, 0.05) is 24.4 Å². The summed E-state index contributed by atoms with van der Waals surface area (Å²) in [7, 11) is 0. The number of nitriles is 1. The summed E-state index contributed by atoms with van der Waals surface area (Å²) in [5, 5.41) is 16.3. The number of benzene rings is 1. The molecule has 3 atom stereocenters. The Morgan fingerprint density at radius 1 is 1.39 bits per heavy atom. The molecule has 1 saturated heterocycles. The number of carbonyl (C=O) groups excluding carboxylic acids is 3. The second-order valence-electron chi connectivity index (χ2n) is 7.09. The third kappa shape index (κ3) is 4.63. The van der Waals surface area contributed by atoms with Crippen molar-refractivity contribution < 1.29 is 19.1 Å². The van der Waals surface area contributed by atoms with Crippen LogP contribution in [0.4, 0.5) is 5.69 Å². The lowest BCUT2D eigenvalue weighted by molar-refractivity contribution is -0.152. The van der Waals surface area contributed by atoms with Crippen molar-refractivity contribution in [3.8, 4) is 6.07 Å². The van der Waals surface area contributed by atoms with Crippen LogP contribution in [-0.2, 0) is 19.1 Å². The first kappa shape index (κ1) is 21.3. The fourth-order valence-corrected chi connectivity index (χ4v) is 3.22. The minimum Gasteiger partial charge on any atom is -0.457 e. The number of carbonyl (C=O) groups is 3. The van der Waals surface area contributed by atoms with Crippen molar-refractivity contribution in [3.05, 3.63) is 29.8 Å². The van der Waals surface area contributed by atoms with E-state index < -0.39 is 30.2 Å². The van der Waals surface area contributed by atoms with Gasteiger partial charge in [0.2, 0.25) is 5.91 Å². The molecule has 7 heteroatoms. The highest BCUT2D eigenvalue weighted by Gasteiger charge is 2.37. The summed E-state index contributed by atoms with van der Waals surface area (Å²) >= 11 is 0. The number of ether oxygens (including phenoxy) is 1. The lowest BCUT2D eigenvalue weighted by Gasteiger charge is -2.23. The topological polar surface area (TPSA) is 111 Å². The summed E-state index contributed by atoms with van der Waals surface area (Å²) in [5.74, 6) is -3.02. The molecule has 2 rings (SSSR count). The summed E-state index contributed by atoms with van der Waals surface area (Å²) < 4.78 is 5.04. The first-order chi connectivity index (χ1) is 13.3. The van der Waals surface area contributed by atoms with Gasteiger partial charge in [-0.2, -0.15) is 5.26 Å². The smallest absolute Gasteiger partial charge is 0.311 e. The SMILES string of the molecule is CC[C@@H](C)c1ccccc1N1C[C@@H](C(=O)OCC(=O)[C@@H](C#N)C(C)=N)CC1=O. The highest BCUT2D eigenvalue weighted by atomic mass is 16.5. The van der Waals surface area contributed by atoms with Gasteiger partial charge >= 0.3 is 5.97 Å². The quantitative estimate of drug-likeness (QED) is 0.548. The van der Waals surface area contributed by atoms with Gasteiger partial charge in [-0.25, -0.2) is 0 Å². The highest BCUT2D eigenvalue weighted by molar-refractivity contribution is 6.06. The largest absolute Gasteiger partial charge is 0.457 e. The molecule has 0 aromatic heterocycles. The number of hydrogen-bond donors (Lipinski definition) is 1. The van der Waals surface area contributed by atoms with Gasteiger partial charge in [-0.05, 0) is 30.9 Å². The molecule has 0 aliphatic carbocycles. The molecule has 1 aliphatic rings. The lowest BCUT2D eigenvalue weighted by atomic mass is 9.96. The van der Waals surface area contributed by atoms with Crippen molar-refractivity contribution in [1.29, 1.82) is 10.7 Å². The molecule has 1 amide bonds. The molecule has 0 bridgehead atoms. The van der Waals surface area contributed by atoms with Gasteiger partial charge in [0.1, 0.15) is 5.92 Å².